The van der Waals surface area contributed by atoms with E-state index in [1.54, 1.807) is 24.8 Å². The molecule has 0 atom stereocenters. The standard InChI is InChI=1S/C7H4NO/c1-2-8-3-7-5-9-4-6(1)7/h1,3-5H. The topological polar surface area (TPSA) is 26.0 Å². The molecule has 2 heterocycles. The van der Waals surface area contributed by atoms with Crippen LogP contribution < -0.4 is 0 Å². The smallest absolute Gasteiger partial charge is 0.0996 e. The molecule has 0 aromatic carbocycles. The minimum absolute atomic E-state index is 1.02. The number of fused-ring (bicyclic) bond motifs is 1. The number of hydrogen-bond donors (Lipinski definition) is 0. The lowest BCUT2D eigenvalue weighted by Gasteiger charge is -1.78. The van der Waals surface area contributed by atoms with Gasteiger partial charge in [0.15, 0.2) is 0 Å². The lowest BCUT2D eigenvalue weighted by molar-refractivity contribution is 0.572. The van der Waals surface area contributed by atoms with E-state index in [2.05, 4.69) is 11.2 Å². The Labute approximate surface area is 52.1 Å². The van der Waals surface area contributed by atoms with Crippen LogP contribution in [0.5, 0.6) is 0 Å². The minimum Gasteiger partial charge on any atom is -0.471 e. The van der Waals surface area contributed by atoms with Gasteiger partial charge in [-0.3, -0.25) is 4.98 Å². The maximum absolute atomic E-state index is 4.90. The Morgan fingerprint density at radius 2 is 2.22 bits per heavy atom. The van der Waals surface area contributed by atoms with E-state index < -0.39 is 0 Å². The second-order valence-corrected chi connectivity index (χ2v) is 1.81. The zero-order valence-corrected chi connectivity index (χ0v) is 4.66. The molecule has 0 N–H and O–H groups in total. The normalized spacial score (nSPS) is 10.2. The first-order valence-corrected chi connectivity index (χ1v) is 2.65. The van der Waals surface area contributed by atoms with Crippen molar-refractivity contribution in [2.24, 2.45) is 0 Å². The van der Waals surface area contributed by atoms with E-state index in [9.17, 15) is 0 Å². The molecule has 2 heteroatoms. The molecule has 1 radical (unpaired) electrons. The summed E-state index contributed by atoms with van der Waals surface area (Å²) in [7, 11) is 0. The molecule has 9 heavy (non-hydrogen) atoms. The molecule has 2 aromatic heterocycles. The van der Waals surface area contributed by atoms with Gasteiger partial charge in [0, 0.05) is 17.0 Å². The van der Waals surface area contributed by atoms with Gasteiger partial charge in [0.2, 0.25) is 0 Å². The van der Waals surface area contributed by atoms with Crippen LogP contribution in [-0.4, -0.2) is 4.98 Å². The monoisotopic (exact) mass is 118 g/mol. The summed E-state index contributed by atoms with van der Waals surface area (Å²) in [6.07, 6.45) is 7.77. The van der Waals surface area contributed by atoms with E-state index in [4.69, 9.17) is 4.42 Å². The highest BCUT2D eigenvalue weighted by atomic mass is 16.3. The van der Waals surface area contributed by atoms with Crippen LogP contribution in [0.2, 0.25) is 0 Å². The van der Waals surface area contributed by atoms with Gasteiger partial charge in [-0.15, -0.1) is 0 Å². The fraction of sp³-hybridized carbons (Fsp3) is 0. The van der Waals surface area contributed by atoms with Gasteiger partial charge >= 0.3 is 0 Å². The summed E-state index contributed by atoms with van der Waals surface area (Å²) in [5, 5.41) is 2.07. The fourth-order valence-electron chi connectivity index (χ4n) is 0.753. The lowest BCUT2D eigenvalue weighted by atomic mass is 10.3. The maximum Gasteiger partial charge on any atom is 0.0996 e. The molecular weight excluding hydrogens is 114 g/mol. The number of furan rings is 1. The molecule has 0 bridgehead atoms. The Hall–Kier alpha value is -1.31. The third-order valence-electron chi connectivity index (χ3n) is 1.22. The van der Waals surface area contributed by atoms with Crippen molar-refractivity contribution in [1.82, 2.24) is 4.98 Å². The van der Waals surface area contributed by atoms with Crippen LogP contribution in [0.1, 0.15) is 0 Å². The Morgan fingerprint density at radius 1 is 1.33 bits per heavy atom. The molecule has 0 amide bonds. The van der Waals surface area contributed by atoms with Crippen molar-refractivity contribution in [3.05, 3.63) is 31.0 Å². The lowest BCUT2D eigenvalue weighted by Crippen LogP contribution is -1.66. The van der Waals surface area contributed by atoms with Gasteiger partial charge in [0.25, 0.3) is 0 Å². The molecule has 0 aliphatic heterocycles. The van der Waals surface area contributed by atoms with Crippen LogP contribution in [0.4, 0.5) is 0 Å². The number of nitrogens with zero attached hydrogens (tertiary/aromatic N) is 1. The molecule has 2 aromatic rings. The van der Waals surface area contributed by atoms with Crippen LogP contribution in [0.3, 0.4) is 0 Å². The second-order valence-electron chi connectivity index (χ2n) is 1.81. The number of hydrogen-bond acceptors (Lipinski definition) is 2. The van der Waals surface area contributed by atoms with Gasteiger partial charge < -0.3 is 4.42 Å². The molecule has 43 valence electrons. The van der Waals surface area contributed by atoms with Gasteiger partial charge in [-0.2, -0.15) is 0 Å². The van der Waals surface area contributed by atoms with E-state index >= 15 is 0 Å². The highest BCUT2D eigenvalue weighted by Gasteiger charge is 1.90. The molecule has 0 unspecified atom stereocenters. The predicted molar refractivity (Wildman–Crippen MR) is 32.8 cm³/mol. The maximum atomic E-state index is 4.90. The SMILES string of the molecule is [c]1cc2cocc2cn1. The van der Waals surface area contributed by atoms with Crippen molar-refractivity contribution >= 4 is 10.8 Å². The first-order valence-electron chi connectivity index (χ1n) is 2.65. The Balaban J connectivity index is 2.95. The molecule has 0 fully saturated rings. The second kappa shape index (κ2) is 1.58. The van der Waals surface area contributed by atoms with Gasteiger partial charge in [0.05, 0.1) is 18.7 Å². The van der Waals surface area contributed by atoms with E-state index in [0.29, 0.717) is 0 Å². The van der Waals surface area contributed by atoms with Crippen molar-refractivity contribution in [3.8, 4) is 0 Å². The average molecular weight is 118 g/mol. The summed E-state index contributed by atoms with van der Waals surface area (Å²) < 4.78 is 4.90. The largest absolute Gasteiger partial charge is 0.471 e. The van der Waals surface area contributed by atoms with Crippen LogP contribution >= 0.6 is 0 Å². The molecule has 0 saturated heterocycles. The van der Waals surface area contributed by atoms with Gasteiger partial charge in [-0.05, 0) is 6.07 Å². The zero-order valence-electron chi connectivity index (χ0n) is 4.66. The van der Waals surface area contributed by atoms with Crippen LogP contribution in [-0.2, 0) is 0 Å². The molecule has 0 aliphatic carbocycles. The van der Waals surface area contributed by atoms with Crippen LogP contribution in [0, 0.1) is 6.20 Å². The van der Waals surface area contributed by atoms with Crippen molar-refractivity contribution < 1.29 is 4.42 Å². The fourth-order valence-corrected chi connectivity index (χ4v) is 0.753. The molecule has 0 aliphatic rings. The highest BCUT2D eigenvalue weighted by Crippen LogP contribution is 2.10. The Bertz CT molecular complexity index is 283. The molecule has 0 spiro atoms. The zero-order chi connectivity index (χ0) is 6.10. The summed E-state index contributed by atoms with van der Waals surface area (Å²) in [6, 6.07) is 1.79. The van der Waals surface area contributed by atoms with Crippen LogP contribution in [0.25, 0.3) is 10.8 Å². The van der Waals surface area contributed by atoms with Crippen molar-refractivity contribution in [1.29, 1.82) is 0 Å². The third kappa shape index (κ3) is 0.598. The average Bonchev–Trinajstić information content (AvgIpc) is 2.33. The van der Waals surface area contributed by atoms with E-state index in [0.717, 1.165) is 10.8 Å². The summed E-state index contributed by atoms with van der Waals surface area (Å²) >= 11 is 0. The number of aromatic nitrogens is 1. The van der Waals surface area contributed by atoms with Crippen molar-refractivity contribution in [3.63, 3.8) is 0 Å². The van der Waals surface area contributed by atoms with E-state index in [1.165, 1.54) is 0 Å². The van der Waals surface area contributed by atoms with Gasteiger partial charge in [-0.25, -0.2) is 0 Å². The Kier molecular flexibility index (Phi) is 0.803. The number of pyridine rings is 1. The third-order valence-corrected chi connectivity index (χ3v) is 1.22. The quantitative estimate of drug-likeness (QED) is 0.525. The Morgan fingerprint density at radius 3 is 3.11 bits per heavy atom. The van der Waals surface area contributed by atoms with E-state index in [1.807, 2.05) is 0 Å². The summed E-state index contributed by atoms with van der Waals surface area (Å²) in [5.74, 6) is 0. The van der Waals surface area contributed by atoms with Crippen molar-refractivity contribution in [2.75, 3.05) is 0 Å². The molecule has 2 nitrogen and oxygen atoms in total. The molecule has 0 saturated carbocycles. The predicted octanol–water partition coefficient (Wildman–Crippen LogP) is 1.63. The minimum atomic E-state index is 1.02. The van der Waals surface area contributed by atoms with Crippen molar-refractivity contribution in [2.45, 2.75) is 0 Å². The molecule has 2 rings (SSSR count). The highest BCUT2D eigenvalue weighted by molar-refractivity contribution is 5.79. The summed E-state index contributed by atoms with van der Waals surface area (Å²) in [5.41, 5.74) is 0. The van der Waals surface area contributed by atoms with E-state index in [-0.39, 0.29) is 0 Å². The summed E-state index contributed by atoms with van der Waals surface area (Å²) in [6.45, 7) is 0. The molecular formula is C7H4NO. The van der Waals surface area contributed by atoms with Gasteiger partial charge in [0.1, 0.15) is 0 Å². The first-order chi connectivity index (χ1) is 4.47. The van der Waals surface area contributed by atoms with Gasteiger partial charge in [-0.1, -0.05) is 0 Å². The van der Waals surface area contributed by atoms with Crippen LogP contribution in [0.15, 0.2) is 29.2 Å². The summed E-state index contributed by atoms with van der Waals surface area (Å²) in [4.78, 5) is 3.80. The number of rotatable bonds is 0. The first kappa shape index (κ1) is 4.56.